The molecule has 1 aromatic carbocycles. The van der Waals surface area contributed by atoms with E-state index >= 15 is 0 Å². The van der Waals surface area contributed by atoms with Gasteiger partial charge < -0.3 is 14.8 Å². The molecule has 0 saturated heterocycles. The van der Waals surface area contributed by atoms with E-state index in [-0.39, 0.29) is 10.9 Å². The van der Waals surface area contributed by atoms with Crippen LogP contribution in [0.1, 0.15) is 6.92 Å². The molecule has 84 valence electrons. The van der Waals surface area contributed by atoms with Gasteiger partial charge in [0.05, 0.1) is 10.9 Å². The lowest BCUT2D eigenvalue weighted by Crippen LogP contribution is -2.08. The molecule has 0 saturated carbocycles. The number of phenols is 2. The van der Waals surface area contributed by atoms with Crippen molar-refractivity contribution in [3.63, 3.8) is 0 Å². The van der Waals surface area contributed by atoms with E-state index in [1.807, 2.05) is 0 Å². The van der Waals surface area contributed by atoms with Gasteiger partial charge in [0.2, 0.25) is 0 Å². The molecule has 0 aliphatic rings. The van der Waals surface area contributed by atoms with Crippen LogP contribution < -0.4 is 5.43 Å². The van der Waals surface area contributed by atoms with E-state index in [1.54, 1.807) is 6.92 Å². The summed E-state index contributed by atoms with van der Waals surface area (Å²) in [6.07, 6.45) is 1.45. The highest BCUT2D eigenvalue weighted by Gasteiger charge is 2.15. The molecular formula is C11H10FNO3. The van der Waals surface area contributed by atoms with E-state index in [1.165, 1.54) is 16.8 Å². The Morgan fingerprint density at radius 3 is 2.75 bits per heavy atom. The number of hydrogen-bond donors (Lipinski definition) is 2. The summed E-state index contributed by atoms with van der Waals surface area (Å²) in [4.78, 5) is 11.5. The van der Waals surface area contributed by atoms with Gasteiger partial charge >= 0.3 is 0 Å². The first-order valence-electron chi connectivity index (χ1n) is 4.79. The molecule has 0 amide bonds. The second-order valence-corrected chi connectivity index (χ2v) is 3.42. The summed E-state index contributed by atoms with van der Waals surface area (Å²) in [5, 5.41) is 18.6. The lowest BCUT2D eigenvalue weighted by molar-refractivity contribution is 0.381. The molecule has 2 rings (SSSR count). The van der Waals surface area contributed by atoms with Gasteiger partial charge in [-0.15, -0.1) is 0 Å². The van der Waals surface area contributed by atoms with Crippen LogP contribution in [0.5, 0.6) is 11.5 Å². The molecule has 5 heteroatoms. The van der Waals surface area contributed by atoms with Crippen molar-refractivity contribution in [3.8, 4) is 11.5 Å². The van der Waals surface area contributed by atoms with Gasteiger partial charge in [0, 0.05) is 18.8 Å². The molecule has 0 aliphatic carbocycles. The van der Waals surface area contributed by atoms with Crippen molar-refractivity contribution in [2.24, 2.45) is 0 Å². The standard InChI is InChI=1S/C11H10FNO3/c1-2-13-4-3-7(14)6-5-8(15)11(16)9(12)10(6)13/h3-5,15-16H,2H2,1H3. The van der Waals surface area contributed by atoms with Crippen LogP contribution in [0.25, 0.3) is 10.9 Å². The SMILES string of the molecule is CCn1ccc(=O)c2cc(O)c(O)c(F)c21. The second kappa shape index (κ2) is 3.52. The zero-order valence-electron chi connectivity index (χ0n) is 8.57. The van der Waals surface area contributed by atoms with Gasteiger partial charge in [-0.3, -0.25) is 4.79 Å². The van der Waals surface area contributed by atoms with Gasteiger partial charge in [0.1, 0.15) is 0 Å². The average molecular weight is 223 g/mol. The minimum Gasteiger partial charge on any atom is -0.504 e. The van der Waals surface area contributed by atoms with Crippen molar-refractivity contribution in [3.05, 3.63) is 34.4 Å². The molecule has 2 aromatic rings. The molecule has 16 heavy (non-hydrogen) atoms. The summed E-state index contributed by atoms with van der Waals surface area (Å²) in [7, 11) is 0. The summed E-state index contributed by atoms with van der Waals surface area (Å²) >= 11 is 0. The Hall–Kier alpha value is -2.04. The zero-order valence-corrected chi connectivity index (χ0v) is 8.57. The van der Waals surface area contributed by atoms with Crippen molar-refractivity contribution in [2.75, 3.05) is 0 Å². The number of pyridine rings is 1. The number of nitrogens with zero attached hydrogens (tertiary/aromatic N) is 1. The maximum absolute atomic E-state index is 13.7. The zero-order chi connectivity index (χ0) is 11.9. The normalized spacial score (nSPS) is 10.9. The van der Waals surface area contributed by atoms with E-state index in [9.17, 15) is 19.4 Å². The Labute approximate surface area is 90.2 Å². The third kappa shape index (κ3) is 1.32. The van der Waals surface area contributed by atoms with Crippen molar-refractivity contribution in [1.82, 2.24) is 4.57 Å². The molecule has 0 radical (unpaired) electrons. The number of phenolic OH excluding ortho intramolecular Hbond substituents is 2. The molecular weight excluding hydrogens is 213 g/mol. The lowest BCUT2D eigenvalue weighted by Gasteiger charge is -2.10. The van der Waals surface area contributed by atoms with Gasteiger partial charge in [0.15, 0.2) is 22.7 Å². The highest BCUT2D eigenvalue weighted by atomic mass is 19.1. The highest BCUT2D eigenvalue weighted by Crippen LogP contribution is 2.32. The van der Waals surface area contributed by atoms with Crippen LogP contribution in [0.2, 0.25) is 0 Å². The third-order valence-corrected chi connectivity index (χ3v) is 2.49. The molecule has 0 unspecified atom stereocenters. The summed E-state index contributed by atoms with van der Waals surface area (Å²) in [6.45, 7) is 2.24. The summed E-state index contributed by atoms with van der Waals surface area (Å²) in [5.74, 6) is -2.44. The number of halogens is 1. The number of hydrogen-bond acceptors (Lipinski definition) is 3. The van der Waals surface area contributed by atoms with E-state index in [4.69, 9.17) is 0 Å². The van der Waals surface area contributed by atoms with E-state index in [2.05, 4.69) is 0 Å². The minimum atomic E-state index is -0.977. The molecule has 1 heterocycles. The Morgan fingerprint density at radius 1 is 1.44 bits per heavy atom. The predicted molar refractivity (Wildman–Crippen MR) is 57.2 cm³/mol. The van der Waals surface area contributed by atoms with Crippen LogP contribution >= 0.6 is 0 Å². The minimum absolute atomic E-state index is 0.00491. The molecule has 4 nitrogen and oxygen atoms in total. The first-order chi connectivity index (χ1) is 7.56. The van der Waals surface area contributed by atoms with Gasteiger partial charge in [0.25, 0.3) is 0 Å². The number of fused-ring (bicyclic) bond motifs is 1. The number of aromatic nitrogens is 1. The maximum Gasteiger partial charge on any atom is 0.196 e. The Balaban J connectivity index is 3.05. The van der Waals surface area contributed by atoms with E-state index in [0.717, 1.165) is 6.07 Å². The van der Waals surface area contributed by atoms with Crippen molar-refractivity contribution in [1.29, 1.82) is 0 Å². The van der Waals surface area contributed by atoms with E-state index in [0.29, 0.717) is 6.54 Å². The molecule has 0 atom stereocenters. The fourth-order valence-electron chi connectivity index (χ4n) is 1.67. The van der Waals surface area contributed by atoms with Crippen LogP contribution in [-0.4, -0.2) is 14.8 Å². The summed E-state index contributed by atoms with van der Waals surface area (Å²) in [6, 6.07) is 2.37. The largest absolute Gasteiger partial charge is 0.504 e. The van der Waals surface area contributed by atoms with Gasteiger partial charge in [-0.2, -0.15) is 0 Å². The Kier molecular flexibility index (Phi) is 2.30. The van der Waals surface area contributed by atoms with Gasteiger partial charge in [-0.25, -0.2) is 4.39 Å². The van der Waals surface area contributed by atoms with Crippen LogP contribution in [0.4, 0.5) is 4.39 Å². The number of aromatic hydroxyl groups is 2. The second-order valence-electron chi connectivity index (χ2n) is 3.42. The van der Waals surface area contributed by atoms with E-state index < -0.39 is 22.7 Å². The quantitative estimate of drug-likeness (QED) is 0.721. The van der Waals surface area contributed by atoms with Crippen LogP contribution in [0.3, 0.4) is 0 Å². The third-order valence-electron chi connectivity index (χ3n) is 2.49. The summed E-state index contributed by atoms with van der Waals surface area (Å²) < 4.78 is 15.2. The first kappa shape index (κ1) is 10.5. The molecule has 0 spiro atoms. The number of aryl methyl sites for hydroxylation is 1. The smallest absolute Gasteiger partial charge is 0.196 e. The molecule has 1 aromatic heterocycles. The van der Waals surface area contributed by atoms with Crippen molar-refractivity contribution in [2.45, 2.75) is 13.5 Å². The summed E-state index contributed by atoms with van der Waals surface area (Å²) in [5.41, 5.74) is -0.390. The predicted octanol–water partition coefficient (Wildman–Crippen LogP) is 1.57. The molecule has 0 fully saturated rings. The number of rotatable bonds is 1. The molecule has 0 aliphatic heterocycles. The van der Waals surface area contributed by atoms with Crippen LogP contribution in [-0.2, 0) is 6.54 Å². The fraction of sp³-hybridized carbons (Fsp3) is 0.182. The lowest BCUT2D eigenvalue weighted by atomic mass is 10.1. The molecule has 2 N–H and O–H groups in total. The monoisotopic (exact) mass is 223 g/mol. The average Bonchev–Trinajstić information content (AvgIpc) is 2.27. The van der Waals surface area contributed by atoms with Crippen LogP contribution in [0.15, 0.2) is 23.1 Å². The Bertz CT molecular complexity index is 619. The van der Waals surface area contributed by atoms with Crippen LogP contribution in [0, 0.1) is 5.82 Å². The maximum atomic E-state index is 13.7. The fourth-order valence-corrected chi connectivity index (χ4v) is 1.67. The first-order valence-corrected chi connectivity index (χ1v) is 4.79. The topological polar surface area (TPSA) is 62.5 Å². The van der Waals surface area contributed by atoms with Gasteiger partial charge in [-0.05, 0) is 13.0 Å². The Morgan fingerprint density at radius 2 is 2.12 bits per heavy atom. The number of benzene rings is 1. The van der Waals surface area contributed by atoms with Gasteiger partial charge in [-0.1, -0.05) is 0 Å². The van der Waals surface area contributed by atoms with Crippen molar-refractivity contribution >= 4 is 10.9 Å². The van der Waals surface area contributed by atoms with Crippen molar-refractivity contribution < 1.29 is 14.6 Å². The highest BCUT2D eigenvalue weighted by molar-refractivity contribution is 5.83. The molecule has 0 bridgehead atoms.